The molecule has 2 aliphatic rings. The number of aromatic nitrogens is 3. The number of nitrogen functional groups attached to an aromatic ring is 1. The number of nitrogens with two attached hydrogens (primary N) is 1. The molecule has 2 atom stereocenters. The van der Waals surface area contributed by atoms with E-state index in [1.807, 2.05) is 0 Å². The smallest absolute Gasteiger partial charge is 0.407 e. The van der Waals surface area contributed by atoms with Crippen LogP contribution in [-0.4, -0.2) is 73.2 Å². The molecular formula is C25H30N8O7S2. The van der Waals surface area contributed by atoms with Crippen molar-refractivity contribution in [1.29, 1.82) is 0 Å². The molecule has 1 fully saturated rings. The summed E-state index contributed by atoms with van der Waals surface area (Å²) in [5.74, 6) is -2.63. The van der Waals surface area contributed by atoms with Crippen LogP contribution in [0.2, 0.25) is 0 Å². The number of hydrogen-bond donors (Lipinski definition) is 3. The van der Waals surface area contributed by atoms with E-state index in [-0.39, 0.29) is 47.8 Å². The quantitative estimate of drug-likeness (QED) is 0.131. The predicted octanol–water partition coefficient (Wildman–Crippen LogP) is -0.723. The Balaban J connectivity index is 1.42. The Bertz CT molecular complexity index is 1430. The van der Waals surface area contributed by atoms with Gasteiger partial charge in [0.25, 0.3) is 11.8 Å². The number of amides is 3. The number of carboxylic acids is 1. The third-order valence-electron chi connectivity index (χ3n) is 5.85. The lowest BCUT2D eigenvalue weighted by atomic mass is 10.0. The summed E-state index contributed by atoms with van der Waals surface area (Å²) in [5.41, 5.74) is 5.81. The third kappa shape index (κ3) is 7.14. The van der Waals surface area contributed by atoms with Crippen LogP contribution in [0.25, 0.3) is 0 Å². The zero-order valence-corrected chi connectivity index (χ0v) is 24.9. The molecule has 1 unspecified atom stereocenters. The topological polar surface area (TPSA) is 205 Å². The van der Waals surface area contributed by atoms with Crippen LogP contribution in [0.1, 0.15) is 39.1 Å². The number of thioether (sulfide) groups is 1. The highest BCUT2D eigenvalue weighted by Crippen LogP contribution is 2.40. The number of aliphatic carboxylic acids is 1. The van der Waals surface area contributed by atoms with E-state index in [0.29, 0.717) is 5.57 Å². The van der Waals surface area contributed by atoms with Gasteiger partial charge in [0.2, 0.25) is 11.5 Å². The second kappa shape index (κ2) is 12.7. The first kappa shape index (κ1) is 30.7. The van der Waals surface area contributed by atoms with Gasteiger partial charge in [0, 0.05) is 41.5 Å². The number of nitrogens with one attached hydrogen (secondary N) is 2. The molecule has 1 saturated heterocycles. The fraction of sp³-hybridized carbons (Fsp3) is 0.440. The molecule has 0 bridgehead atoms. The number of β-lactam (4-membered cyclic amide) rings is 1. The van der Waals surface area contributed by atoms with E-state index in [1.54, 1.807) is 56.8 Å². The first-order valence-electron chi connectivity index (χ1n) is 12.8. The highest BCUT2D eigenvalue weighted by atomic mass is 32.2. The summed E-state index contributed by atoms with van der Waals surface area (Å²) in [4.78, 5) is 60.2. The number of carbonyl (C=O) groups excluding carboxylic acids is 4. The van der Waals surface area contributed by atoms with Crippen LogP contribution < -0.4 is 26.0 Å². The molecule has 2 aromatic heterocycles. The zero-order chi connectivity index (χ0) is 30.6. The Morgan fingerprint density at radius 1 is 1.29 bits per heavy atom. The molecule has 4 heterocycles. The van der Waals surface area contributed by atoms with Crippen molar-refractivity contribution in [2.45, 2.75) is 57.8 Å². The van der Waals surface area contributed by atoms with Crippen LogP contribution in [0.3, 0.4) is 0 Å². The summed E-state index contributed by atoms with van der Waals surface area (Å²) in [6.07, 6.45) is 2.94. The lowest BCUT2D eigenvalue weighted by Gasteiger charge is -2.50. The highest BCUT2D eigenvalue weighted by molar-refractivity contribution is 8.00. The third-order valence-corrected chi connectivity index (χ3v) is 7.73. The number of nitrogens with zero attached hydrogens (tertiary/aromatic N) is 5. The van der Waals surface area contributed by atoms with E-state index < -0.39 is 40.9 Å². The van der Waals surface area contributed by atoms with Gasteiger partial charge in [-0.1, -0.05) is 5.16 Å². The number of carboxylic acid groups (broad SMARTS) is 1. The van der Waals surface area contributed by atoms with Crippen molar-refractivity contribution in [1.82, 2.24) is 24.9 Å². The van der Waals surface area contributed by atoms with Crippen molar-refractivity contribution in [2.24, 2.45) is 5.16 Å². The summed E-state index contributed by atoms with van der Waals surface area (Å²) < 4.78 is 11.0. The number of oxime groups is 1. The second-order valence-corrected chi connectivity index (χ2v) is 12.0. The molecule has 15 nitrogen and oxygen atoms in total. The second-order valence-electron chi connectivity index (χ2n) is 10.1. The Hall–Kier alpha value is -4.25. The molecule has 0 saturated carbocycles. The molecule has 0 aliphatic carbocycles. The van der Waals surface area contributed by atoms with Crippen molar-refractivity contribution in [3.05, 3.63) is 47.2 Å². The van der Waals surface area contributed by atoms with Crippen LogP contribution in [-0.2, 0) is 37.0 Å². The van der Waals surface area contributed by atoms with Crippen molar-refractivity contribution in [2.75, 3.05) is 18.1 Å². The number of alkyl carbamates (subject to hydrolysis) is 1. The van der Waals surface area contributed by atoms with Gasteiger partial charge >= 0.3 is 6.09 Å². The molecule has 0 radical (unpaired) electrons. The van der Waals surface area contributed by atoms with Gasteiger partial charge in [0.1, 0.15) is 23.6 Å². The Kier molecular flexibility index (Phi) is 9.30. The van der Waals surface area contributed by atoms with E-state index >= 15 is 0 Å². The van der Waals surface area contributed by atoms with Gasteiger partial charge in [-0.3, -0.25) is 14.5 Å². The summed E-state index contributed by atoms with van der Waals surface area (Å²) in [5, 5.41) is 20.6. The molecule has 2 aromatic rings. The molecule has 0 spiro atoms. The van der Waals surface area contributed by atoms with Gasteiger partial charge in [-0.2, -0.15) is 9.36 Å². The molecule has 17 heteroatoms. The van der Waals surface area contributed by atoms with Crippen LogP contribution in [0, 0.1) is 0 Å². The van der Waals surface area contributed by atoms with Crippen LogP contribution in [0.5, 0.6) is 0 Å². The van der Waals surface area contributed by atoms with E-state index in [9.17, 15) is 24.3 Å². The van der Waals surface area contributed by atoms with Gasteiger partial charge in [0.15, 0.2) is 24.1 Å². The van der Waals surface area contributed by atoms with Crippen LogP contribution in [0.4, 0.5) is 9.93 Å². The van der Waals surface area contributed by atoms with Crippen molar-refractivity contribution >= 4 is 58.0 Å². The number of carbonyl (C=O) groups is 4. The first-order valence-corrected chi connectivity index (χ1v) is 14.6. The normalized spacial score (nSPS) is 18.6. The molecule has 2 aliphatic heterocycles. The molecular weight excluding hydrogens is 588 g/mol. The fourth-order valence-electron chi connectivity index (χ4n) is 4.07. The number of anilines is 1. The minimum absolute atomic E-state index is 0.0513. The molecule has 42 heavy (non-hydrogen) atoms. The van der Waals surface area contributed by atoms with E-state index in [2.05, 4.69) is 25.1 Å². The largest absolute Gasteiger partial charge is 0.543 e. The molecule has 224 valence electrons. The van der Waals surface area contributed by atoms with Gasteiger partial charge in [-0.25, -0.2) is 9.36 Å². The summed E-state index contributed by atoms with van der Waals surface area (Å²) >= 11 is 2.18. The number of pyridine rings is 1. The maximum Gasteiger partial charge on any atom is 0.407 e. The van der Waals surface area contributed by atoms with E-state index in [0.717, 1.165) is 22.0 Å². The lowest BCUT2D eigenvalue weighted by Crippen LogP contribution is -2.71. The lowest BCUT2D eigenvalue weighted by molar-refractivity contribution is -0.689. The average Bonchev–Trinajstić information content (AvgIpc) is 3.35. The van der Waals surface area contributed by atoms with Crippen LogP contribution in [0.15, 0.2) is 41.0 Å². The summed E-state index contributed by atoms with van der Waals surface area (Å²) in [6.45, 7) is 7.61. The molecule has 0 aromatic carbocycles. The summed E-state index contributed by atoms with van der Waals surface area (Å²) in [6, 6.07) is 2.55. The van der Waals surface area contributed by atoms with Gasteiger partial charge in [-0.15, -0.1) is 11.8 Å². The molecule has 4 rings (SSSR count). The SMILES string of the molecule is CCON=C(C(=O)NC1C(=O)N2C(C(=O)[O-])=C(C[n+]3ccc(CNC(=O)OC(C)(C)C)cc3)CS[C@@H]12)c1nsc(N)n1. The minimum Gasteiger partial charge on any atom is -0.543 e. The number of fused-ring (bicyclic) bond motifs is 1. The average molecular weight is 619 g/mol. The van der Waals surface area contributed by atoms with Gasteiger partial charge < -0.3 is 35.8 Å². The maximum absolute atomic E-state index is 13.1. The fourth-order valence-corrected chi connectivity index (χ4v) is 5.84. The standard InChI is InChI=1S/C25H30N8O7S2/c1-5-39-30-15(18-29-23(26)42-31-18)19(34)28-16-20(35)33-17(22(36)37)14(12-41-21(16)33)11-32-8-6-13(7-9-32)10-27-24(38)40-25(2,3)4/h6-9,16,21H,5,10-12H2,1-4H3,(H4-,26,27,28,29,31,34,36,37,38)/t16?,21-/m0/s1. The van der Waals surface area contributed by atoms with Crippen LogP contribution >= 0.6 is 23.3 Å². The number of hydrogen-bond acceptors (Lipinski definition) is 13. The number of rotatable bonds is 10. The molecule has 4 N–H and O–H groups in total. The Labute approximate surface area is 249 Å². The molecule has 3 amide bonds. The van der Waals surface area contributed by atoms with Gasteiger partial charge in [-0.05, 0) is 33.3 Å². The minimum atomic E-state index is -1.49. The predicted molar refractivity (Wildman–Crippen MR) is 149 cm³/mol. The summed E-state index contributed by atoms with van der Waals surface area (Å²) in [7, 11) is 0. The zero-order valence-electron chi connectivity index (χ0n) is 23.3. The van der Waals surface area contributed by atoms with Gasteiger partial charge in [0.05, 0.1) is 11.7 Å². The Morgan fingerprint density at radius 2 is 2.00 bits per heavy atom. The Morgan fingerprint density at radius 3 is 2.60 bits per heavy atom. The van der Waals surface area contributed by atoms with E-state index in [1.165, 1.54) is 11.8 Å². The van der Waals surface area contributed by atoms with Crippen molar-refractivity contribution in [3.63, 3.8) is 0 Å². The number of ether oxygens (including phenoxy) is 1. The highest BCUT2D eigenvalue weighted by Gasteiger charge is 2.53. The van der Waals surface area contributed by atoms with Crippen molar-refractivity contribution in [3.8, 4) is 0 Å². The maximum atomic E-state index is 13.1. The first-order chi connectivity index (χ1) is 19.9. The van der Waals surface area contributed by atoms with E-state index in [4.69, 9.17) is 15.3 Å². The monoisotopic (exact) mass is 618 g/mol. The van der Waals surface area contributed by atoms with Crippen molar-refractivity contribution < 1.29 is 38.4 Å².